The van der Waals surface area contributed by atoms with E-state index in [2.05, 4.69) is 9.98 Å². The Kier molecular flexibility index (Phi) is 1.92. The van der Waals surface area contributed by atoms with Crippen molar-refractivity contribution >= 4 is 18.0 Å². The summed E-state index contributed by atoms with van der Waals surface area (Å²) in [5.74, 6) is 1.13. The lowest BCUT2D eigenvalue weighted by Gasteiger charge is -2.40. The van der Waals surface area contributed by atoms with Crippen molar-refractivity contribution in [2.75, 3.05) is 6.61 Å². The fraction of sp³-hybridized carbons (Fsp3) is 0.500. The Balaban J connectivity index is 1.81. The number of amidine groups is 2. The summed E-state index contributed by atoms with van der Waals surface area (Å²) in [5, 5.41) is 7.57. The largest absolute Gasteiger partial charge is 0.358 e. The van der Waals surface area contributed by atoms with E-state index in [0.29, 0.717) is 5.84 Å². The summed E-state index contributed by atoms with van der Waals surface area (Å²) in [6.45, 7) is 0.823. The SMILES string of the molecule is N=C1N=CN=C2C1=CN2C1CCCCO1. The smallest absolute Gasteiger partial charge is 0.158 e. The standard InChI is InChI=1S/C10H12N4O/c11-9-7-5-14(10(7)13-6-12-9)8-3-1-2-4-15-8/h5-6,8,11H,1-4H2. The van der Waals surface area contributed by atoms with Crippen LogP contribution < -0.4 is 0 Å². The van der Waals surface area contributed by atoms with Gasteiger partial charge in [0.05, 0.1) is 5.57 Å². The molecule has 5 nitrogen and oxygen atoms in total. The van der Waals surface area contributed by atoms with E-state index in [1.54, 1.807) is 0 Å². The molecule has 1 unspecified atom stereocenters. The molecule has 0 aliphatic carbocycles. The predicted molar refractivity (Wildman–Crippen MR) is 57.2 cm³/mol. The molecule has 0 spiro atoms. The Labute approximate surface area is 87.7 Å². The third-order valence-electron chi connectivity index (χ3n) is 2.84. The van der Waals surface area contributed by atoms with Crippen molar-refractivity contribution in [3.05, 3.63) is 11.8 Å². The maximum absolute atomic E-state index is 7.57. The maximum atomic E-state index is 7.57. The van der Waals surface area contributed by atoms with E-state index >= 15 is 0 Å². The second-order valence-electron chi connectivity index (χ2n) is 3.82. The molecule has 0 saturated carbocycles. The predicted octanol–water partition coefficient (Wildman–Crippen LogP) is 1.13. The number of nitrogens with zero attached hydrogens (tertiary/aromatic N) is 3. The van der Waals surface area contributed by atoms with Gasteiger partial charge in [-0.15, -0.1) is 0 Å². The van der Waals surface area contributed by atoms with Crippen molar-refractivity contribution in [2.24, 2.45) is 9.98 Å². The molecular formula is C10H12N4O. The van der Waals surface area contributed by atoms with Crippen molar-refractivity contribution in [3.63, 3.8) is 0 Å². The first kappa shape index (κ1) is 8.79. The molecule has 3 aliphatic heterocycles. The lowest BCUT2D eigenvalue weighted by atomic mass is 10.0. The maximum Gasteiger partial charge on any atom is 0.158 e. The molecule has 1 N–H and O–H groups in total. The zero-order valence-electron chi connectivity index (χ0n) is 8.31. The minimum Gasteiger partial charge on any atom is -0.358 e. The van der Waals surface area contributed by atoms with Gasteiger partial charge in [0, 0.05) is 12.8 Å². The molecule has 3 rings (SSSR count). The summed E-state index contributed by atoms with van der Waals surface area (Å²) >= 11 is 0. The molecule has 0 aromatic rings. The number of aliphatic imine (C=N–C) groups is 2. The van der Waals surface area contributed by atoms with E-state index in [1.807, 2.05) is 11.1 Å². The van der Waals surface area contributed by atoms with Crippen molar-refractivity contribution < 1.29 is 4.74 Å². The van der Waals surface area contributed by atoms with Gasteiger partial charge >= 0.3 is 0 Å². The Bertz CT molecular complexity index is 390. The van der Waals surface area contributed by atoms with Crippen molar-refractivity contribution in [1.82, 2.24) is 4.90 Å². The van der Waals surface area contributed by atoms with E-state index in [-0.39, 0.29) is 6.23 Å². The van der Waals surface area contributed by atoms with Gasteiger partial charge in [-0.05, 0) is 19.3 Å². The first-order valence-electron chi connectivity index (χ1n) is 5.17. The number of fused-ring (bicyclic) bond motifs is 1. The van der Waals surface area contributed by atoms with Crippen molar-refractivity contribution in [2.45, 2.75) is 25.5 Å². The molecule has 3 heterocycles. The lowest BCUT2D eigenvalue weighted by molar-refractivity contribution is -0.0428. The number of hydrogen-bond donors (Lipinski definition) is 1. The van der Waals surface area contributed by atoms with Crippen LogP contribution in [0.4, 0.5) is 0 Å². The Morgan fingerprint density at radius 3 is 3.20 bits per heavy atom. The first-order valence-corrected chi connectivity index (χ1v) is 5.17. The molecule has 0 amide bonds. The molecule has 0 bridgehead atoms. The van der Waals surface area contributed by atoms with Crippen LogP contribution in [0.25, 0.3) is 0 Å². The van der Waals surface area contributed by atoms with Crippen LogP contribution >= 0.6 is 0 Å². The van der Waals surface area contributed by atoms with Crippen LogP contribution in [0.1, 0.15) is 19.3 Å². The summed E-state index contributed by atoms with van der Waals surface area (Å²) in [6.07, 6.45) is 6.83. The quantitative estimate of drug-likeness (QED) is 0.696. The van der Waals surface area contributed by atoms with Crippen LogP contribution in [0, 0.1) is 5.41 Å². The molecule has 78 valence electrons. The number of rotatable bonds is 1. The van der Waals surface area contributed by atoms with Gasteiger partial charge in [0.2, 0.25) is 0 Å². The summed E-state index contributed by atoms with van der Waals surface area (Å²) in [6, 6.07) is 0. The van der Waals surface area contributed by atoms with Gasteiger partial charge < -0.3 is 9.64 Å². The fourth-order valence-corrected chi connectivity index (χ4v) is 2.01. The number of nitrogens with one attached hydrogen (secondary N) is 1. The highest BCUT2D eigenvalue weighted by Gasteiger charge is 2.35. The van der Waals surface area contributed by atoms with Gasteiger partial charge in [0.15, 0.2) is 5.84 Å². The molecule has 0 aromatic heterocycles. The molecule has 3 aliphatic rings. The highest BCUT2D eigenvalue weighted by molar-refractivity contribution is 6.30. The van der Waals surface area contributed by atoms with Gasteiger partial charge in [-0.3, -0.25) is 5.41 Å². The summed E-state index contributed by atoms with van der Waals surface area (Å²) < 4.78 is 5.65. The van der Waals surface area contributed by atoms with Gasteiger partial charge in [0.1, 0.15) is 18.4 Å². The second kappa shape index (κ2) is 3.27. The fourth-order valence-electron chi connectivity index (χ4n) is 2.01. The molecule has 1 saturated heterocycles. The second-order valence-corrected chi connectivity index (χ2v) is 3.82. The number of hydrogen-bond acceptors (Lipinski definition) is 4. The highest BCUT2D eigenvalue weighted by Crippen LogP contribution is 2.28. The van der Waals surface area contributed by atoms with E-state index in [1.165, 1.54) is 12.8 Å². The van der Waals surface area contributed by atoms with Gasteiger partial charge in [-0.1, -0.05) is 0 Å². The molecular weight excluding hydrogens is 192 g/mol. The zero-order valence-corrected chi connectivity index (χ0v) is 8.31. The van der Waals surface area contributed by atoms with Crippen LogP contribution in [0.3, 0.4) is 0 Å². The lowest BCUT2D eigenvalue weighted by Crippen LogP contribution is -2.49. The molecule has 15 heavy (non-hydrogen) atoms. The minimum atomic E-state index is 0.112. The Hall–Kier alpha value is -1.49. The molecule has 5 heteroatoms. The van der Waals surface area contributed by atoms with E-state index in [4.69, 9.17) is 10.1 Å². The Morgan fingerprint density at radius 2 is 2.40 bits per heavy atom. The van der Waals surface area contributed by atoms with E-state index in [0.717, 1.165) is 30.9 Å². The van der Waals surface area contributed by atoms with Crippen molar-refractivity contribution in [3.8, 4) is 0 Å². The average Bonchev–Trinajstić information content (AvgIpc) is 2.23. The minimum absolute atomic E-state index is 0.112. The molecule has 0 aromatic carbocycles. The summed E-state index contributed by atoms with van der Waals surface area (Å²) in [5.41, 5.74) is 0.826. The van der Waals surface area contributed by atoms with Gasteiger partial charge in [0.25, 0.3) is 0 Å². The van der Waals surface area contributed by atoms with Crippen molar-refractivity contribution in [1.29, 1.82) is 5.41 Å². The van der Waals surface area contributed by atoms with Crippen LogP contribution in [-0.2, 0) is 4.74 Å². The Morgan fingerprint density at radius 1 is 1.47 bits per heavy atom. The van der Waals surface area contributed by atoms with Crippen LogP contribution in [-0.4, -0.2) is 35.7 Å². The van der Waals surface area contributed by atoms with Crippen LogP contribution in [0.2, 0.25) is 0 Å². The van der Waals surface area contributed by atoms with E-state index < -0.39 is 0 Å². The highest BCUT2D eigenvalue weighted by atomic mass is 16.5. The van der Waals surface area contributed by atoms with Crippen LogP contribution in [0.5, 0.6) is 0 Å². The van der Waals surface area contributed by atoms with Crippen LogP contribution in [0.15, 0.2) is 21.8 Å². The molecule has 1 atom stereocenters. The first-order chi connectivity index (χ1) is 7.36. The number of ether oxygens (including phenoxy) is 1. The molecule has 1 fully saturated rings. The van der Waals surface area contributed by atoms with E-state index in [9.17, 15) is 0 Å². The zero-order chi connectivity index (χ0) is 10.3. The van der Waals surface area contributed by atoms with Gasteiger partial charge in [-0.25, -0.2) is 9.98 Å². The topological polar surface area (TPSA) is 61.0 Å². The summed E-state index contributed by atoms with van der Waals surface area (Å²) in [4.78, 5) is 10.0. The summed E-state index contributed by atoms with van der Waals surface area (Å²) in [7, 11) is 0. The normalized spacial score (nSPS) is 29.2. The van der Waals surface area contributed by atoms with Gasteiger partial charge in [-0.2, -0.15) is 0 Å². The third-order valence-corrected chi connectivity index (χ3v) is 2.84. The third kappa shape index (κ3) is 1.31. The molecule has 0 radical (unpaired) electrons. The average molecular weight is 204 g/mol. The monoisotopic (exact) mass is 204 g/mol.